The van der Waals surface area contributed by atoms with Crippen LogP contribution in [-0.2, 0) is 0 Å². The van der Waals surface area contributed by atoms with Gasteiger partial charge in [-0.2, -0.15) is 0 Å². The Balaban J connectivity index is 2.03. The van der Waals surface area contributed by atoms with Crippen molar-refractivity contribution in [3.8, 4) is 5.88 Å². The zero-order valence-corrected chi connectivity index (χ0v) is 8.94. The smallest absolute Gasteiger partial charge is 0.212 e. The Labute approximate surface area is 89.8 Å². The highest BCUT2D eigenvalue weighted by Crippen LogP contribution is 2.23. The molecule has 0 aromatic carbocycles. The van der Waals surface area contributed by atoms with Gasteiger partial charge in [-0.3, -0.25) is 0 Å². The molecular weight excluding hydrogens is 190 g/mol. The van der Waals surface area contributed by atoms with E-state index in [0.717, 1.165) is 5.56 Å². The van der Waals surface area contributed by atoms with Crippen molar-refractivity contribution in [2.45, 2.75) is 24.9 Å². The summed E-state index contributed by atoms with van der Waals surface area (Å²) in [5.41, 5.74) is 6.86. The van der Waals surface area contributed by atoms with Crippen molar-refractivity contribution in [3.63, 3.8) is 0 Å². The fourth-order valence-corrected chi connectivity index (χ4v) is 1.55. The third-order valence-corrected chi connectivity index (χ3v) is 2.62. The lowest BCUT2D eigenvalue weighted by Crippen LogP contribution is -2.29. The number of rotatable bonds is 5. The fraction of sp³-hybridized carbons (Fsp3) is 0.545. The number of aromatic nitrogens is 1. The second kappa shape index (κ2) is 4.59. The van der Waals surface area contributed by atoms with Crippen LogP contribution in [0.4, 0.5) is 0 Å². The second-order valence-corrected chi connectivity index (χ2v) is 3.86. The molecule has 1 fully saturated rings. The van der Waals surface area contributed by atoms with E-state index in [2.05, 4.69) is 10.3 Å². The van der Waals surface area contributed by atoms with Gasteiger partial charge in [0, 0.05) is 30.9 Å². The standard InChI is InChI=1S/C11H17N3O/c1-15-11-5-2-8(7-13-11)10(6-12)14-9-3-4-9/h2,5,7,9-10,14H,3-4,6,12H2,1H3. The maximum Gasteiger partial charge on any atom is 0.212 e. The number of pyridine rings is 1. The summed E-state index contributed by atoms with van der Waals surface area (Å²) in [4.78, 5) is 4.18. The van der Waals surface area contributed by atoms with Crippen molar-refractivity contribution in [1.29, 1.82) is 0 Å². The maximum atomic E-state index is 5.73. The highest BCUT2D eigenvalue weighted by Gasteiger charge is 2.24. The van der Waals surface area contributed by atoms with Gasteiger partial charge in [-0.05, 0) is 18.4 Å². The molecule has 1 saturated carbocycles. The van der Waals surface area contributed by atoms with Crippen LogP contribution in [0.25, 0.3) is 0 Å². The van der Waals surface area contributed by atoms with E-state index in [1.54, 1.807) is 7.11 Å². The Morgan fingerprint density at radius 1 is 1.60 bits per heavy atom. The van der Waals surface area contributed by atoms with Gasteiger partial charge in [-0.25, -0.2) is 4.98 Å². The van der Waals surface area contributed by atoms with Crippen LogP contribution >= 0.6 is 0 Å². The zero-order valence-electron chi connectivity index (χ0n) is 8.94. The average molecular weight is 207 g/mol. The minimum Gasteiger partial charge on any atom is -0.481 e. The second-order valence-electron chi connectivity index (χ2n) is 3.86. The van der Waals surface area contributed by atoms with Gasteiger partial charge >= 0.3 is 0 Å². The molecular formula is C11H17N3O. The lowest BCUT2D eigenvalue weighted by molar-refractivity contribution is 0.397. The summed E-state index contributed by atoms with van der Waals surface area (Å²) in [6.45, 7) is 0.602. The molecule has 1 aromatic rings. The minimum absolute atomic E-state index is 0.218. The molecule has 4 nitrogen and oxygen atoms in total. The molecule has 1 heterocycles. The van der Waals surface area contributed by atoms with E-state index < -0.39 is 0 Å². The Morgan fingerprint density at radius 3 is 2.87 bits per heavy atom. The SMILES string of the molecule is COc1ccc(C(CN)NC2CC2)cn1. The van der Waals surface area contributed by atoms with E-state index in [9.17, 15) is 0 Å². The Kier molecular flexibility index (Phi) is 3.18. The molecule has 0 spiro atoms. The molecule has 15 heavy (non-hydrogen) atoms. The molecule has 0 amide bonds. The van der Waals surface area contributed by atoms with Gasteiger partial charge in [0.25, 0.3) is 0 Å². The largest absolute Gasteiger partial charge is 0.481 e. The number of ether oxygens (including phenoxy) is 1. The summed E-state index contributed by atoms with van der Waals surface area (Å²) >= 11 is 0. The predicted octanol–water partition coefficient (Wildman–Crippen LogP) is 0.842. The monoisotopic (exact) mass is 207 g/mol. The van der Waals surface area contributed by atoms with E-state index >= 15 is 0 Å². The van der Waals surface area contributed by atoms with Crippen LogP contribution in [0.2, 0.25) is 0 Å². The van der Waals surface area contributed by atoms with Crippen LogP contribution in [0.15, 0.2) is 18.3 Å². The summed E-state index contributed by atoms with van der Waals surface area (Å²) in [6, 6.07) is 4.75. The minimum atomic E-state index is 0.218. The highest BCUT2D eigenvalue weighted by molar-refractivity contribution is 5.21. The van der Waals surface area contributed by atoms with Crippen molar-refractivity contribution >= 4 is 0 Å². The summed E-state index contributed by atoms with van der Waals surface area (Å²) in [5, 5.41) is 3.49. The molecule has 1 unspecified atom stereocenters. The van der Waals surface area contributed by atoms with Crippen LogP contribution in [-0.4, -0.2) is 24.7 Å². The molecule has 4 heteroatoms. The molecule has 82 valence electrons. The van der Waals surface area contributed by atoms with Crippen molar-refractivity contribution < 1.29 is 4.74 Å². The highest BCUT2D eigenvalue weighted by atomic mass is 16.5. The molecule has 1 atom stereocenters. The van der Waals surface area contributed by atoms with Crippen LogP contribution < -0.4 is 15.8 Å². The molecule has 1 aliphatic rings. The summed E-state index contributed by atoms with van der Waals surface area (Å²) in [7, 11) is 1.62. The third-order valence-electron chi connectivity index (χ3n) is 2.62. The molecule has 2 rings (SSSR count). The first-order valence-corrected chi connectivity index (χ1v) is 5.29. The van der Waals surface area contributed by atoms with Crippen LogP contribution in [0, 0.1) is 0 Å². The van der Waals surface area contributed by atoms with Gasteiger partial charge in [0.2, 0.25) is 5.88 Å². The van der Waals surface area contributed by atoms with E-state index in [1.807, 2.05) is 18.3 Å². The number of nitrogens with one attached hydrogen (secondary N) is 1. The van der Waals surface area contributed by atoms with Crippen LogP contribution in [0.3, 0.4) is 0 Å². The summed E-state index contributed by atoms with van der Waals surface area (Å²) in [6.07, 6.45) is 4.35. The van der Waals surface area contributed by atoms with Gasteiger partial charge in [0.05, 0.1) is 7.11 Å². The predicted molar refractivity (Wildman–Crippen MR) is 58.7 cm³/mol. The van der Waals surface area contributed by atoms with Crippen molar-refractivity contribution in [3.05, 3.63) is 23.9 Å². The Bertz CT molecular complexity index is 308. The molecule has 0 aliphatic heterocycles. The van der Waals surface area contributed by atoms with Gasteiger partial charge in [0.1, 0.15) is 0 Å². The van der Waals surface area contributed by atoms with E-state index in [4.69, 9.17) is 10.5 Å². The van der Waals surface area contributed by atoms with Crippen LogP contribution in [0.1, 0.15) is 24.4 Å². The van der Waals surface area contributed by atoms with Gasteiger partial charge in [-0.1, -0.05) is 6.07 Å². The van der Waals surface area contributed by atoms with E-state index in [-0.39, 0.29) is 6.04 Å². The lowest BCUT2D eigenvalue weighted by Gasteiger charge is -2.16. The summed E-state index contributed by atoms with van der Waals surface area (Å²) < 4.78 is 5.01. The molecule has 0 bridgehead atoms. The van der Waals surface area contributed by atoms with Crippen molar-refractivity contribution in [2.24, 2.45) is 5.73 Å². The molecule has 1 aromatic heterocycles. The van der Waals surface area contributed by atoms with Crippen molar-refractivity contribution in [2.75, 3.05) is 13.7 Å². The lowest BCUT2D eigenvalue weighted by atomic mass is 10.1. The quantitative estimate of drug-likeness (QED) is 0.751. The van der Waals surface area contributed by atoms with Crippen LogP contribution in [0.5, 0.6) is 5.88 Å². The number of hydrogen-bond acceptors (Lipinski definition) is 4. The van der Waals surface area contributed by atoms with Gasteiger partial charge in [-0.15, -0.1) is 0 Å². The zero-order chi connectivity index (χ0) is 10.7. The van der Waals surface area contributed by atoms with Gasteiger partial charge < -0.3 is 15.8 Å². The summed E-state index contributed by atoms with van der Waals surface area (Å²) in [5.74, 6) is 0.640. The molecule has 1 aliphatic carbocycles. The normalized spacial score (nSPS) is 17.5. The fourth-order valence-electron chi connectivity index (χ4n) is 1.55. The van der Waals surface area contributed by atoms with E-state index in [1.165, 1.54) is 12.8 Å². The molecule has 0 radical (unpaired) electrons. The first-order valence-electron chi connectivity index (χ1n) is 5.29. The third kappa shape index (κ3) is 2.67. The number of hydrogen-bond donors (Lipinski definition) is 2. The Hall–Kier alpha value is -1.13. The molecule has 3 N–H and O–H groups in total. The molecule has 0 saturated heterocycles. The van der Waals surface area contributed by atoms with Gasteiger partial charge in [0.15, 0.2) is 0 Å². The number of nitrogens with zero attached hydrogens (tertiary/aromatic N) is 1. The number of methoxy groups -OCH3 is 1. The maximum absolute atomic E-state index is 5.73. The first-order chi connectivity index (χ1) is 7.33. The van der Waals surface area contributed by atoms with E-state index in [0.29, 0.717) is 18.5 Å². The van der Waals surface area contributed by atoms with Crippen molar-refractivity contribution in [1.82, 2.24) is 10.3 Å². The first kappa shape index (κ1) is 10.4. The average Bonchev–Trinajstić information content (AvgIpc) is 3.10. The topological polar surface area (TPSA) is 60.2 Å². The number of nitrogens with two attached hydrogens (primary N) is 1. The Morgan fingerprint density at radius 2 is 2.40 bits per heavy atom.